The Kier molecular flexibility index (Phi) is 5.76. The van der Waals surface area contributed by atoms with Crippen LogP contribution in [0.3, 0.4) is 0 Å². The first-order chi connectivity index (χ1) is 13.6. The summed E-state index contributed by atoms with van der Waals surface area (Å²) >= 11 is 0. The maximum Gasteiger partial charge on any atom is 0.233 e. The van der Waals surface area contributed by atoms with Gasteiger partial charge in [0.25, 0.3) is 0 Å². The normalized spacial score (nSPS) is 17.3. The maximum absolute atomic E-state index is 12.8. The molecule has 2 aromatic rings. The predicted octanol–water partition coefficient (Wildman–Crippen LogP) is 3.87. The lowest BCUT2D eigenvalue weighted by Crippen LogP contribution is -2.24. The van der Waals surface area contributed by atoms with E-state index in [0.717, 1.165) is 61.6 Å². The molecule has 2 fully saturated rings. The molecule has 0 unspecified atom stereocenters. The average molecular weight is 400 g/mol. The van der Waals surface area contributed by atoms with Crippen LogP contribution in [0.5, 0.6) is 0 Å². The largest absolute Gasteiger partial charge is 0.371 e. The minimum absolute atomic E-state index is 0.0877. The molecule has 6 heteroatoms. The molecule has 0 spiro atoms. The van der Waals surface area contributed by atoms with E-state index < -0.39 is 10.0 Å². The molecule has 2 saturated heterocycles. The van der Waals surface area contributed by atoms with Gasteiger partial charge in [-0.1, -0.05) is 30.3 Å². The van der Waals surface area contributed by atoms with Crippen molar-refractivity contribution >= 4 is 27.1 Å². The average Bonchev–Trinajstić information content (AvgIpc) is 3.41. The molecule has 0 atom stereocenters. The molecule has 1 N–H and O–H groups in total. The Morgan fingerprint density at radius 3 is 2.14 bits per heavy atom. The Morgan fingerprint density at radius 2 is 1.46 bits per heavy atom. The highest BCUT2D eigenvalue weighted by atomic mass is 32.2. The van der Waals surface area contributed by atoms with Gasteiger partial charge in [-0.3, -0.25) is 4.72 Å². The van der Waals surface area contributed by atoms with Crippen LogP contribution in [0.15, 0.2) is 48.5 Å². The zero-order chi connectivity index (χ0) is 19.4. The molecule has 0 bridgehead atoms. The second-order valence-electron chi connectivity index (χ2n) is 7.75. The quantitative estimate of drug-likeness (QED) is 0.768. The van der Waals surface area contributed by atoms with Gasteiger partial charge in [-0.05, 0) is 55.9 Å². The van der Waals surface area contributed by atoms with Crippen molar-refractivity contribution < 1.29 is 8.42 Å². The first-order valence-corrected chi connectivity index (χ1v) is 11.9. The summed E-state index contributed by atoms with van der Waals surface area (Å²) in [6.07, 6.45) is 5.24. The summed E-state index contributed by atoms with van der Waals surface area (Å²) in [6, 6.07) is 16.0. The first kappa shape index (κ1) is 19.1. The molecule has 0 saturated carbocycles. The van der Waals surface area contributed by atoms with Gasteiger partial charge in [0.1, 0.15) is 0 Å². The fraction of sp³-hybridized carbons (Fsp3) is 0.455. The minimum Gasteiger partial charge on any atom is -0.371 e. The van der Waals surface area contributed by atoms with Crippen LogP contribution < -0.4 is 14.5 Å². The summed E-state index contributed by atoms with van der Waals surface area (Å²) in [6.45, 7) is 4.07. The van der Waals surface area contributed by atoms with Crippen molar-refractivity contribution in [3.05, 3.63) is 54.1 Å². The molecule has 28 heavy (non-hydrogen) atoms. The van der Waals surface area contributed by atoms with Crippen molar-refractivity contribution in [2.24, 2.45) is 0 Å². The van der Waals surface area contributed by atoms with Crippen molar-refractivity contribution in [2.75, 3.05) is 46.5 Å². The highest BCUT2D eigenvalue weighted by molar-refractivity contribution is 7.92. The van der Waals surface area contributed by atoms with Crippen LogP contribution in [-0.2, 0) is 16.4 Å². The molecule has 0 aliphatic carbocycles. The van der Waals surface area contributed by atoms with E-state index in [2.05, 4.69) is 26.7 Å². The highest BCUT2D eigenvalue weighted by Gasteiger charge is 2.21. The van der Waals surface area contributed by atoms with E-state index in [0.29, 0.717) is 6.42 Å². The van der Waals surface area contributed by atoms with Gasteiger partial charge in [0.05, 0.1) is 17.1 Å². The molecular weight excluding hydrogens is 370 g/mol. The monoisotopic (exact) mass is 399 g/mol. The van der Waals surface area contributed by atoms with Gasteiger partial charge >= 0.3 is 0 Å². The minimum atomic E-state index is -3.42. The molecule has 0 aromatic heterocycles. The molecule has 2 aliphatic heterocycles. The maximum atomic E-state index is 12.8. The Bertz CT molecular complexity index is 887. The van der Waals surface area contributed by atoms with Crippen molar-refractivity contribution in [3.63, 3.8) is 0 Å². The van der Waals surface area contributed by atoms with E-state index in [1.807, 2.05) is 36.4 Å². The second kappa shape index (κ2) is 8.43. The molecule has 150 valence electrons. The molecule has 4 rings (SSSR count). The standard InChI is InChI=1S/C22H29N3O2S/c26-28(27,17-12-19-8-2-1-3-9-19)23-21-18-20(24-13-4-5-14-24)10-11-22(21)25-15-6-7-16-25/h1-3,8-11,18,23H,4-7,12-17H2. The molecule has 0 amide bonds. The van der Waals surface area contributed by atoms with Crippen LogP contribution in [0.4, 0.5) is 17.1 Å². The number of hydrogen-bond acceptors (Lipinski definition) is 4. The molecule has 2 aromatic carbocycles. The number of rotatable bonds is 7. The number of anilines is 3. The zero-order valence-corrected chi connectivity index (χ0v) is 17.1. The van der Waals surface area contributed by atoms with Crippen molar-refractivity contribution in [1.29, 1.82) is 0 Å². The summed E-state index contributed by atoms with van der Waals surface area (Å²) in [5.41, 5.74) is 3.88. The Hall–Kier alpha value is -2.21. The molecule has 2 heterocycles. The number of sulfonamides is 1. The van der Waals surface area contributed by atoms with Gasteiger partial charge in [0, 0.05) is 31.9 Å². The van der Waals surface area contributed by atoms with Crippen molar-refractivity contribution in [3.8, 4) is 0 Å². The smallest absolute Gasteiger partial charge is 0.233 e. The van der Waals surface area contributed by atoms with Gasteiger partial charge in [-0.2, -0.15) is 0 Å². The molecule has 2 aliphatic rings. The summed E-state index contributed by atoms with van der Waals surface area (Å²) in [7, 11) is -3.42. The number of nitrogens with one attached hydrogen (secondary N) is 1. The van der Waals surface area contributed by atoms with Crippen LogP contribution in [0.1, 0.15) is 31.2 Å². The van der Waals surface area contributed by atoms with Gasteiger partial charge in [-0.15, -0.1) is 0 Å². The Morgan fingerprint density at radius 1 is 0.821 bits per heavy atom. The van der Waals surface area contributed by atoms with Crippen LogP contribution in [-0.4, -0.2) is 40.3 Å². The summed E-state index contributed by atoms with van der Waals surface area (Å²) in [5.74, 6) is 0.0877. The Balaban J connectivity index is 1.55. The predicted molar refractivity (Wildman–Crippen MR) is 117 cm³/mol. The van der Waals surface area contributed by atoms with Gasteiger partial charge in [0.15, 0.2) is 0 Å². The van der Waals surface area contributed by atoms with Crippen LogP contribution in [0, 0.1) is 0 Å². The number of benzene rings is 2. The van der Waals surface area contributed by atoms with E-state index in [1.54, 1.807) is 0 Å². The third kappa shape index (κ3) is 4.61. The van der Waals surface area contributed by atoms with Crippen LogP contribution >= 0.6 is 0 Å². The first-order valence-electron chi connectivity index (χ1n) is 10.3. The van der Waals surface area contributed by atoms with E-state index in [4.69, 9.17) is 0 Å². The van der Waals surface area contributed by atoms with E-state index in [1.165, 1.54) is 12.8 Å². The lowest BCUT2D eigenvalue weighted by molar-refractivity contribution is 0.600. The summed E-state index contributed by atoms with van der Waals surface area (Å²) in [4.78, 5) is 4.64. The third-order valence-electron chi connectivity index (χ3n) is 5.67. The molecule has 0 radical (unpaired) electrons. The van der Waals surface area contributed by atoms with E-state index in [-0.39, 0.29) is 5.75 Å². The van der Waals surface area contributed by atoms with Gasteiger partial charge in [-0.25, -0.2) is 8.42 Å². The number of nitrogens with zero attached hydrogens (tertiary/aromatic N) is 2. The third-order valence-corrected chi connectivity index (χ3v) is 6.94. The van der Waals surface area contributed by atoms with Gasteiger partial charge in [0.2, 0.25) is 10.0 Å². The molecular formula is C22H29N3O2S. The lowest BCUT2D eigenvalue weighted by Gasteiger charge is -2.25. The summed E-state index contributed by atoms with van der Waals surface area (Å²) in [5, 5.41) is 0. The lowest BCUT2D eigenvalue weighted by atomic mass is 10.2. The number of hydrogen-bond donors (Lipinski definition) is 1. The topological polar surface area (TPSA) is 52.7 Å². The van der Waals surface area contributed by atoms with Crippen molar-refractivity contribution in [1.82, 2.24) is 0 Å². The number of aryl methyl sites for hydroxylation is 1. The van der Waals surface area contributed by atoms with E-state index >= 15 is 0 Å². The summed E-state index contributed by atoms with van der Waals surface area (Å²) < 4.78 is 28.6. The van der Waals surface area contributed by atoms with E-state index in [9.17, 15) is 8.42 Å². The fourth-order valence-corrected chi connectivity index (χ4v) is 5.23. The van der Waals surface area contributed by atoms with Crippen LogP contribution in [0.2, 0.25) is 0 Å². The molecule has 5 nitrogen and oxygen atoms in total. The fourth-order valence-electron chi connectivity index (χ4n) is 4.13. The zero-order valence-electron chi connectivity index (χ0n) is 16.3. The Labute approximate surface area is 168 Å². The van der Waals surface area contributed by atoms with Crippen LogP contribution in [0.25, 0.3) is 0 Å². The second-order valence-corrected chi connectivity index (χ2v) is 9.59. The highest BCUT2D eigenvalue weighted by Crippen LogP contribution is 2.34. The van der Waals surface area contributed by atoms with Gasteiger partial charge < -0.3 is 9.80 Å². The SMILES string of the molecule is O=S(=O)(CCc1ccccc1)Nc1cc(N2CCCC2)ccc1N1CCCC1. The van der Waals surface area contributed by atoms with Crippen molar-refractivity contribution in [2.45, 2.75) is 32.1 Å².